The molecule has 6 nitrogen and oxygen atoms in total. The predicted octanol–water partition coefficient (Wildman–Crippen LogP) is 4.06. The second-order valence-corrected chi connectivity index (χ2v) is 10.7. The van der Waals surface area contributed by atoms with Crippen LogP contribution < -0.4 is 9.64 Å². The molecule has 1 N–H and O–H groups in total. The lowest BCUT2D eigenvalue weighted by Crippen LogP contribution is -2.48. The number of halogens is 1. The van der Waals surface area contributed by atoms with E-state index in [0.29, 0.717) is 13.0 Å². The Labute approximate surface area is 199 Å². The highest BCUT2D eigenvalue weighted by Gasteiger charge is 2.50. The van der Waals surface area contributed by atoms with E-state index in [0.717, 1.165) is 28.1 Å². The van der Waals surface area contributed by atoms with Gasteiger partial charge < -0.3 is 14.7 Å². The number of sulfonamides is 1. The fraction of sp³-hybridized carbons (Fsp3) is 0.308. The minimum absolute atomic E-state index is 0.0659. The zero-order valence-electron chi connectivity index (χ0n) is 19.1. The van der Waals surface area contributed by atoms with Crippen molar-refractivity contribution in [2.75, 3.05) is 32.2 Å². The van der Waals surface area contributed by atoms with E-state index in [-0.39, 0.29) is 23.5 Å². The summed E-state index contributed by atoms with van der Waals surface area (Å²) < 4.78 is 47.5. The van der Waals surface area contributed by atoms with Crippen molar-refractivity contribution in [1.29, 1.82) is 0 Å². The quantitative estimate of drug-likeness (QED) is 0.594. The van der Waals surface area contributed by atoms with Crippen LogP contribution in [0.5, 0.6) is 5.75 Å². The third-order valence-corrected chi connectivity index (χ3v) is 9.04. The smallest absolute Gasteiger partial charge is 0.243 e. The molecule has 3 atom stereocenters. The molecule has 0 saturated carbocycles. The minimum Gasteiger partial charge on any atom is -0.497 e. The van der Waals surface area contributed by atoms with Gasteiger partial charge in [0.05, 0.1) is 30.7 Å². The first kappa shape index (κ1) is 22.8. The summed E-state index contributed by atoms with van der Waals surface area (Å²) in [6, 6.07) is 18.1. The third kappa shape index (κ3) is 3.66. The van der Waals surface area contributed by atoms with Gasteiger partial charge in [-0.2, -0.15) is 4.31 Å². The largest absolute Gasteiger partial charge is 0.497 e. The van der Waals surface area contributed by atoms with E-state index in [1.54, 1.807) is 7.11 Å². The van der Waals surface area contributed by atoms with Crippen LogP contribution in [0.1, 0.15) is 18.0 Å². The number of hydrogen-bond acceptors (Lipinski definition) is 5. The molecule has 0 aliphatic carbocycles. The molecule has 2 aliphatic heterocycles. The molecule has 0 amide bonds. The Morgan fingerprint density at radius 3 is 2.35 bits per heavy atom. The fourth-order valence-corrected chi connectivity index (χ4v) is 7.05. The molecule has 0 aromatic heterocycles. The predicted molar refractivity (Wildman–Crippen MR) is 129 cm³/mol. The van der Waals surface area contributed by atoms with Crippen LogP contribution >= 0.6 is 0 Å². The van der Waals surface area contributed by atoms with E-state index >= 15 is 0 Å². The van der Waals surface area contributed by atoms with Crippen molar-refractivity contribution < 1.29 is 22.7 Å². The average molecular weight is 483 g/mol. The summed E-state index contributed by atoms with van der Waals surface area (Å²) in [4.78, 5) is 2.13. The van der Waals surface area contributed by atoms with Crippen molar-refractivity contribution in [3.05, 3.63) is 78.1 Å². The Morgan fingerprint density at radius 2 is 1.71 bits per heavy atom. The van der Waals surface area contributed by atoms with Crippen molar-refractivity contribution in [3.63, 3.8) is 0 Å². The van der Waals surface area contributed by atoms with Crippen LogP contribution in [-0.4, -0.2) is 51.2 Å². The molecule has 34 heavy (non-hydrogen) atoms. The first-order valence-electron chi connectivity index (χ1n) is 11.2. The van der Waals surface area contributed by atoms with Gasteiger partial charge >= 0.3 is 0 Å². The molecule has 3 aromatic carbocycles. The van der Waals surface area contributed by atoms with Gasteiger partial charge in [0.25, 0.3) is 0 Å². The van der Waals surface area contributed by atoms with Crippen LogP contribution in [0, 0.1) is 11.7 Å². The van der Waals surface area contributed by atoms with Crippen LogP contribution in [0.15, 0.2) is 71.6 Å². The molecule has 3 aromatic rings. The molecule has 0 unspecified atom stereocenters. The number of aliphatic hydroxyl groups is 1. The number of nitrogens with zero attached hydrogens (tertiary/aromatic N) is 2. The molecule has 8 heteroatoms. The Hall–Kier alpha value is -2.94. The number of likely N-dealkylation sites (N-methyl/N-ethyl adjacent to an activating group) is 1. The van der Waals surface area contributed by atoms with Crippen LogP contribution in [0.25, 0.3) is 11.1 Å². The highest BCUT2D eigenvalue weighted by Crippen LogP contribution is 2.51. The molecule has 0 spiro atoms. The maximum atomic E-state index is 13.6. The zero-order chi connectivity index (χ0) is 24.0. The van der Waals surface area contributed by atoms with E-state index in [9.17, 15) is 17.9 Å². The standard InChI is InChI=1S/C26H27FN2O4S/c1-28-24-12-5-18(17-3-8-20(33-2)9-4-17)15-23(24)26-22(25(28)16-30)13-14-29(26)34(31,32)21-10-6-19(27)7-11-21/h3-12,15,22,25-26,30H,13-14,16H2,1-2H3/t22-,25-,26-/m0/s1. The number of benzene rings is 3. The van der Waals surface area contributed by atoms with Gasteiger partial charge in [0.15, 0.2) is 0 Å². The number of ether oxygens (including phenoxy) is 1. The normalized spacial score (nSPS) is 22.4. The minimum atomic E-state index is -3.85. The van der Waals surface area contributed by atoms with Crippen LogP contribution in [0.4, 0.5) is 10.1 Å². The molecule has 178 valence electrons. The Morgan fingerprint density at radius 1 is 1.03 bits per heavy atom. The second kappa shape index (κ2) is 8.69. The molecule has 2 heterocycles. The summed E-state index contributed by atoms with van der Waals surface area (Å²) in [6.45, 7) is 0.271. The van der Waals surface area contributed by atoms with Crippen molar-refractivity contribution in [2.24, 2.45) is 5.92 Å². The maximum absolute atomic E-state index is 13.6. The summed E-state index contributed by atoms with van der Waals surface area (Å²) in [6.07, 6.45) is 0.632. The molecule has 0 radical (unpaired) electrons. The van der Waals surface area contributed by atoms with E-state index in [2.05, 4.69) is 11.0 Å². The van der Waals surface area contributed by atoms with Crippen LogP contribution in [-0.2, 0) is 10.0 Å². The first-order chi connectivity index (χ1) is 16.3. The molecule has 0 bridgehead atoms. The summed E-state index contributed by atoms with van der Waals surface area (Å²) in [5.41, 5.74) is 3.78. The van der Waals surface area contributed by atoms with Gasteiger partial charge in [-0.15, -0.1) is 0 Å². The van der Waals surface area contributed by atoms with Crippen molar-refractivity contribution in [1.82, 2.24) is 4.31 Å². The topological polar surface area (TPSA) is 70.1 Å². The Kier molecular flexibility index (Phi) is 5.83. The number of rotatable bonds is 5. The number of anilines is 1. The lowest BCUT2D eigenvalue weighted by Gasteiger charge is -2.44. The summed E-state index contributed by atoms with van der Waals surface area (Å²) in [5, 5.41) is 10.2. The van der Waals surface area contributed by atoms with E-state index < -0.39 is 21.9 Å². The Bertz CT molecular complexity index is 1300. The molecular formula is C26H27FN2O4S. The summed E-state index contributed by atoms with van der Waals surface area (Å²) >= 11 is 0. The van der Waals surface area contributed by atoms with Crippen molar-refractivity contribution >= 4 is 15.7 Å². The van der Waals surface area contributed by atoms with E-state index in [4.69, 9.17) is 4.74 Å². The van der Waals surface area contributed by atoms with Gasteiger partial charge in [-0.25, -0.2) is 12.8 Å². The molecule has 5 rings (SSSR count). The lowest BCUT2D eigenvalue weighted by molar-refractivity contribution is 0.193. The molecule has 1 fully saturated rings. The number of fused-ring (bicyclic) bond motifs is 3. The highest BCUT2D eigenvalue weighted by atomic mass is 32.2. The van der Waals surface area contributed by atoms with Gasteiger partial charge in [-0.05, 0) is 71.6 Å². The lowest BCUT2D eigenvalue weighted by atomic mass is 9.81. The van der Waals surface area contributed by atoms with Crippen molar-refractivity contribution in [2.45, 2.75) is 23.4 Å². The van der Waals surface area contributed by atoms with Gasteiger partial charge in [-0.3, -0.25) is 0 Å². The summed E-state index contributed by atoms with van der Waals surface area (Å²) in [5.74, 6) is 0.218. The number of hydrogen-bond donors (Lipinski definition) is 1. The summed E-state index contributed by atoms with van der Waals surface area (Å²) in [7, 11) is -0.287. The maximum Gasteiger partial charge on any atom is 0.243 e. The number of aliphatic hydroxyl groups excluding tert-OH is 1. The number of methoxy groups -OCH3 is 1. The third-order valence-electron chi connectivity index (χ3n) is 7.15. The molecule has 2 aliphatic rings. The molecular weight excluding hydrogens is 455 g/mol. The molecule has 1 saturated heterocycles. The van der Waals surface area contributed by atoms with Gasteiger partial charge in [0, 0.05) is 25.2 Å². The van der Waals surface area contributed by atoms with Crippen LogP contribution in [0.3, 0.4) is 0 Å². The van der Waals surface area contributed by atoms with Gasteiger partial charge in [0.1, 0.15) is 11.6 Å². The van der Waals surface area contributed by atoms with Gasteiger partial charge in [0.2, 0.25) is 10.0 Å². The highest BCUT2D eigenvalue weighted by molar-refractivity contribution is 7.89. The first-order valence-corrected chi connectivity index (χ1v) is 12.7. The SMILES string of the molecule is COc1ccc(-c2ccc3c(c2)[C@@H]2[C@@H](CCN2S(=O)(=O)c2ccc(F)cc2)[C@H](CO)N3C)cc1. The van der Waals surface area contributed by atoms with E-state index in [1.165, 1.54) is 28.6 Å². The zero-order valence-corrected chi connectivity index (χ0v) is 19.9. The Balaban J connectivity index is 1.62. The van der Waals surface area contributed by atoms with Gasteiger partial charge in [-0.1, -0.05) is 18.2 Å². The van der Waals surface area contributed by atoms with Crippen molar-refractivity contribution in [3.8, 4) is 16.9 Å². The van der Waals surface area contributed by atoms with E-state index in [1.807, 2.05) is 43.4 Å². The van der Waals surface area contributed by atoms with Crippen LogP contribution in [0.2, 0.25) is 0 Å². The second-order valence-electron chi connectivity index (χ2n) is 8.83. The monoisotopic (exact) mass is 482 g/mol. The average Bonchev–Trinajstić information content (AvgIpc) is 3.30. The fourth-order valence-electron chi connectivity index (χ4n) is 5.39.